The number of nitro benzene ring substituents is 2. The quantitative estimate of drug-likeness (QED) is 0.290. The Morgan fingerprint density at radius 3 is 1.46 bits per heavy atom. The number of halogens is 4. The van der Waals surface area contributed by atoms with E-state index >= 15 is 0 Å². The number of nitrogens with zero attached hydrogens (tertiary/aromatic N) is 2. The maximum absolute atomic E-state index is 11.8. The lowest BCUT2D eigenvalue weighted by Gasteiger charge is -2.10. The van der Waals surface area contributed by atoms with Gasteiger partial charge in [-0.1, -0.05) is 46.4 Å². The van der Waals surface area contributed by atoms with Gasteiger partial charge in [0.05, 0.1) is 31.0 Å². The molecule has 13 heteroatoms. The van der Waals surface area contributed by atoms with Crippen LogP contribution in [0.3, 0.4) is 0 Å². The van der Waals surface area contributed by atoms with Crippen molar-refractivity contribution in [3.8, 4) is 0 Å². The Bertz CT molecular complexity index is 892. The van der Waals surface area contributed by atoms with Crippen molar-refractivity contribution in [2.24, 2.45) is 0 Å². The van der Waals surface area contributed by atoms with E-state index in [1.807, 2.05) is 0 Å². The number of carbonyl (C=O) groups excluding carboxylic acids is 1. The summed E-state index contributed by atoms with van der Waals surface area (Å²) in [5, 5.41) is 22.1. The van der Waals surface area contributed by atoms with Crippen molar-refractivity contribution in [2.75, 3.05) is 0 Å². The number of benzene rings is 2. The van der Waals surface area contributed by atoms with E-state index in [0.717, 1.165) is 12.1 Å². The fourth-order valence-electron chi connectivity index (χ4n) is 2.10. The summed E-state index contributed by atoms with van der Waals surface area (Å²) in [6, 6.07) is 4.59. The molecule has 2 aromatic carbocycles. The average molecular weight is 470 g/mol. The molecule has 0 bridgehead atoms. The van der Waals surface area contributed by atoms with Crippen LogP contribution < -0.4 is 0 Å². The van der Waals surface area contributed by atoms with Gasteiger partial charge in [-0.3, -0.25) is 20.2 Å². The van der Waals surface area contributed by atoms with E-state index in [1.165, 1.54) is 12.1 Å². The van der Waals surface area contributed by atoms with Gasteiger partial charge in [0.25, 0.3) is 11.4 Å². The zero-order chi connectivity index (χ0) is 21.0. The standard InChI is InChI=1S/C15H8Cl4N2O7/c16-7-1-11(18)9(13(3-7)20(23)24)5-27-15(22)28-6-10-12(19)2-8(17)4-14(10)21(25)26/h1-4H,5-6H2. The van der Waals surface area contributed by atoms with Gasteiger partial charge in [-0.05, 0) is 12.1 Å². The van der Waals surface area contributed by atoms with Gasteiger partial charge in [-0.15, -0.1) is 0 Å². The minimum Gasteiger partial charge on any atom is -0.429 e. The molecule has 0 saturated carbocycles. The van der Waals surface area contributed by atoms with E-state index in [-0.39, 0.29) is 31.2 Å². The van der Waals surface area contributed by atoms with Crippen molar-refractivity contribution in [1.82, 2.24) is 0 Å². The second-order valence-corrected chi connectivity index (χ2v) is 6.80. The summed E-state index contributed by atoms with van der Waals surface area (Å²) in [4.78, 5) is 32.5. The van der Waals surface area contributed by atoms with Crippen LogP contribution in [0.5, 0.6) is 0 Å². The molecule has 0 radical (unpaired) electrons. The fraction of sp³-hybridized carbons (Fsp3) is 0.133. The Hall–Kier alpha value is -2.33. The lowest BCUT2D eigenvalue weighted by molar-refractivity contribution is -0.385. The molecule has 0 amide bonds. The van der Waals surface area contributed by atoms with Crippen LogP contribution in [0.1, 0.15) is 11.1 Å². The summed E-state index contributed by atoms with van der Waals surface area (Å²) in [7, 11) is 0. The maximum atomic E-state index is 11.8. The molecule has 9 nitrogen and oxygen atoms in total. The summed E-state index contributed by atoms with van der Waals surface area (Å²) in [5.74, 6) is 0. The number of hydrogen-bond donors (Lipinski definition) is 0. The van der Waals surface area contributed by atoms with Crippen LogP contribution in [0.25, 0.3) is 0 Å². The first-order chi connectivity index (χ1) is 13.1. The number of rotatable bonds is 6. The molecule has 2 rings (SSSR count). The van der Waals surface area contributed by atoms with Gasteiger partial charge in [0, 0.05) is 22.2 Å². The van der Waals surface area contributed by atoms with Gasteiger partial charge in [0.1, 0.15) is 13.2 Å². The molecule has 0 aliphatic rings. The van der Waals surface area contributed by atoms with Crippen molar-refractivity contribution in [3.63, 3.8) is 0 Å². The predicted molar refractivity (Wildman–Crippen MR) is 101 cm³/mol. The van der Waals surface area contributed by atoms with Crippen molar-refractivity contribution >= 4 is 63.9 Å². The molecule has 0 aliphatic carbocycles. The second kappa shape index (κ2) is 9.24. The molecule has 0 saturated heterocycles. The third-order valence-corrected chi connectivity index (χ3v) is 4.45. The van der Waals surface area contributed by atoms with E-state index in [2.05, 4.69) is 0 Å². The highest BCUT2D eigenvalue weighted by atomic mass is 35.5. The van der Waals surface area contributed by atoms with Gasteiger partial charge in [-0.25, -0.2) is 4.79 Å². The first kappa shape index (κ1) is 22.0. The molecule has 28 heavy (non-hydrogen) atoms. The number of hydrogen-bond acceptors (Lipinski definition) is 7. The SMILES string of the molecule is O=C(OCc1c(Cl)cc(Cl)cc1[N+](=O)[O-])OCc1c(Cl)cc(Cl)cc1[N+](=O)[O-]. The highest BCUT2D eigenvalue weighted by Gasteiger charge is 2.23. The molecule has 0 heterocycles. The second-order valence-electron chi connectivity index (χ2n) is 5.11. The molecule has 0 aromatic heterocycles. The minimum atomic E-state index is -1.25. The third kappa shape index (κ3) is 5.35. The Labute approximate surface area is 176 Å². The molecule has 0 spiro atoms. The lowest BCUT2D eigenvalue weighted by Crippen LogP contribution is -2.10. The first-order valence-corrected chi connectivity index (χ1v) is 8.65. The van der Waals surface area contributed by atoms with E-state index in [4.69, 9.17) is 55.9 Å². The van der Waals surface area contributed by atoms with Crippen LogP contribution >= 0.6 is 46.4 Å². The van der Waals surface area contributed by atoms with Crippen LogP contribution in [-0.4, -0.2) is 16.0 Å². The van der Waals surface area contributed by atoms with Gasteiger partial charge in [-0.2, -0.15) is 0 Å². The largest absolute Gasteiger partial charge is 0.508 e. The molecular formula is C15H8Cl4N2O7. The van der Waals surface area contributed by atoms with E-state index in [0.29, 0.717) is 0 Å². The van der Waals surface area contributed by atoms with Crippen LogP contribution in [0.15, 0.2) is 24.3 Å². The molecular weight excluding hydrogens is 462 g/mol. The molecule has 0 fully saturated rings. The number of ether oxygens (including phenoxy) is 2. The van der Waals surface area contributed by atoms with Crippen molar-refractivity contribution < 1.29 is 24.1 Å². The van der Waals surface area contributed by atoms with Crippen molar-refractivity contribution in [2.45, 2.75) is 13.2 Å². The first-order valence-electron chi connectivity index (χ1n) is 7.14. The van der Waals surface area contributed by atoms with Crippen LogP contribution in [0, 0.1) is 20.2 Å². The minimum absolute atomic E-state index is 0.0349. The predicted octanol–water partition coefficient (Wildman–Crippen LogP) is 5.97. The van der Waals surface area contributed by atoms with E-state index in [9.17, 15) is 25.0 Å². The van der Waals surface area contributed by atoms with E-state index in [1.54, 1.807) is 0 Å². The van der Waals surface area contributed by atoms with E-state index < -0.39 is 40.6 Å². The maximum Gasteiger partial charge on any atom is 0.508 e. The molecule has 0 aliphatic heterocycles. The van der Waals surface area contributed by atoms with Gasteiger partial charge < -0.3 is 9.47 Å². The molecule has 0 atom stereocenters. The Kier molecular flexibility index (Phi) is 7.25. The highest BCUT2D eigenvalue weighted by Crippen LogP contribution is 2.33. The van der Waals surface area contributed by atoms with Crippen molar-refractivity contribution in [3.05, 3.63) is 75.7 Å². The molecule has 2 aromatic rings. The number of nitro groups is 2. The van der Waals surface area contributed by atoms with Gasteiger partial charge in [0.15, 0.2) is 0 Å². The smallest absolute Gasteiger partial charge is 0.429 e. The Morgan fingerprint density at radius 2 is 1.14 bits per heavy atom. The summed E-state index contributed by atoms with van der Waals surface area (Å²) in [5.41, 5.74) is -1.07. The third-order valence-electron chi connectivity index (χ3n) is 3.34. The Balaban J connectivity index is 2.10. The van der Waals surface area contributed by atoms with Gasteiger partial charge >= 0.3 is 6.16 Å². The van der Waals surface area contributed by atoms with Crippen LogP contribution in [-0.2, 0) is 22.7 Å². The zero-order valence-corrected chi connectivity index (χ0v) is 16.5. The topological polar surface area (TPSA) is 122 Å². The Morgan fingerprint density at radius 1 is 0.786 bits per heavy atom. The highest BCUT2D eigenvalue weighted by molar-refractivity contribution is 6.36. The van der Waals surface area contributed by atoms with Crippen LogP contribution in [0.4, 0.5) is 16.2 Å². The summed E-state index contributed by atoms with van der Waals surface area (Å²) < 4.78 is 9.59. The molecule has 0 unspecified atom stereocenters. The molecule has 0 N–H and O–H groups in total. The normalized spacial score (nSPS) is 10.4. The fourth-order valence-corrected chi connectivity index (χ4v) is 3.17. The summed E-state index contributed by atoms with van der Waals surface area (Å²) >= 11 is 23.2. The average Bonchev–Trinajstić information content (AvgIpc) is 2.58. The summed E-state index contributed by atoms with van der Waals surface area (Å²) in [6.07, 6.45) is -1.25. The number of carbonyl (C=O) groups is 1. The van der Waals surface area contributed by atoms with Crippen molar-refractivity contribution in [1.29, 1.82) is 0 Å². The monoisotopic (exact) mass is 468 g/mol. The van der Waals surface area contributed by atoms with Gasteiger partial charge in [0.2, 0.25) is 0 Å². The lowest BCUT2D eigenvalue weighted by atomic mass is 10.2. The van der Waals surface area contributed by atoms with Crippen LogP contribution in [0.2, 0.25) is 20.1 Å². The summed E-state index contributed by atoms with van der Waals surface area (Å²) in [6.45, 7) is -1.16. The zero-order valence-electron chi connectivity index (χ0n) is 13.5. The molecule has 148 valence electrons.